The zero-order chi connectivity index (χ0) is 17.2. The third-order valence-electron chi connectivity index (χ3n) is 3.70. The highest BCUT2D eigenvalue weighted by atomic mass is 35.5. The molecule has 2 rings (SSSR count). The first kappa shape index (κ1) is 20.4. The average molecular weight is 377 g/mol. The number of nitrogens with zero attached hydrogens (tertiary/aromatic N) is 1. The van der Waals surface area contributed by atoms with Gasteiger partial charge >= 0.3 is 0 Å². The smallest absolute Gasteiger partial charge is 0.238 e. The molecular formula is C14H21ClN4O4S. The first-order chi connectivity index (χ1) is 10.7. The van der Waals surface area contributed by atoms with E-state index in [9.17, 15) is 18.0 Å². The lowest BCUT2D eigenvalue weighted by Gasteiger charge is -2.18. The Hall–Kier alpha value is -1.68. The van der Waals surface area contributed by atoms with Gasteiger partial charge in [-0.3, -0.25) is 9.59 Å². The van der Waals surface area contributed by atoms with E-state index in [0.717, 1.165) is 0 Å². The van der Waals surface area contributed by atoms with Gasteiger partial charge in [-0.1, -0.05) is 6.07 Å². The van der Waals surface area contributed by atoms with Crippen LogP contribution in [0.15, 0.2) is 29.2 Å². The average Bonchev–Trinajstić information content (AvgIpc) is 2.88. The van der Waals surface area contributed by atoms with Crippen molar-refractivity contribution in [2.24, 2.45) is 16.8 Å². The van der Waals surface area contributed by atoms with E-state index in [4.69, 9.17) is 10.9 Å². The molecule has 0 aromatic heterocycles. The largest absolute Gasteiger partial charge is 0.352 e. The second kappa shape index (κ2) is 7.93. The molecule has 1 heterocycles. The Morgan fingerprint density at radius 3 is 2.71 bits per heavy atom. The number of nitrogens with two attached hydrogens (primary N) is 2. The van der Waals surface area contributed by atoms with E-state index in [0.29, 0.717) is 12.2 Å². The summed E-state index contributed by atoms with van der Waals surface area (Å²) in [6.07, 6.45) is 0.0722. The van der Waals surface area contributed by atoms with Crippen LogP contribution < -0.4 is 21.1 Å². The molecule has 24 heavy (non-hydrogen) atoms. The second-order valence-corrected chi connectivity index (χ2v) is 7.15. The fourth-order valence-electron chi connectivity index (χ4n) is 2.38. The molecule has 1 aromatic carbocycles. The highest BCUT2D eigenvalue weighted by Crippen LogP contribution is 2.26. The lowest BCUT2D eigenvalue weighted by atomic mass is 10.1. The predicted molar refractivity (Wildman–Crippen MR) is 92.2 cm³/mol. The summed E-state index contributed by atoms with van der Waals surface area (Å²) >= 11 is 0. The molecule has 0 bridgehead atoms. The summed E-state index contributed by atoms with van der Waals surface area (Å²) in [5.74, 6) is -0.965. The van der Waals surface area contributed by atoms with Gasteiger partial charge in [0.1, 0.15) is 0 Å². The number of benzene rings is 1. The monoisotopic (exact) mass is 376 g/mol. The molecule has 1 aromatic rings. The van der Waals surface area contributed by atoms with Gasteiger partial charge in [-0.15, -0.1) is 12.4 Å². The number of amides is 2. The summed E-state index contributed by atoms with van der Waals surface area (Å²) in [6, 6.07) is 5.63. The number of hydrogen-bond acceptors (Lipinski definition) is 5. The predicted octanol–water partition coefficient (Wildman–Crippen LogP) is -0.428. The first-order valence-corrected chi connectivity index (χ1v) is 8.70. The van der Waals surface area contributed by atoms with Gasteiger partial charge in [0.05, 0.1) is 10.8 Å². The summed E-state index contributed by atoms with van der Waals surface area (Å²) < 4.78 is 22.8. The van der Waals surface area contributed by atoms with Gasteiger partial charge in [0, 0.05) is 31.2 Å². The van der Waals surface area contributed by atoms with E-state index in [-0.39, 0.29) is 48.1 Å². The van der Waals surface area contributed by atoms with Crippen molar-refractivity contribution in [2.75, 3.05) is 18.0 Å². The SMILES string of the molecule is C[C@@H](CN)NC(=O)C1CC(=O)N(c2cccc(S(N)(=O)=O)c2)C1.Cl. The third-order valence-corrected chi connectivity index (χ3v) is 4.61. The van der Waals surface area contributed by atoms with Crippen LogP contribution in [0.25, 0.3) is 0 Å². The van der Waals surface area contributed by atoms with E-state index in [1.807, 2.05) is 0 Å². The Morgan fingerprint density at radius 2 is 2.12 bits per heavy atom. The molecule has 134 valence electrons. The molecule has 0 radical (unpaired) electrons. The minimum Gasteiger partial charge on any atom is -0.352 e. The maximum absolute atomic E-state index is 12.1. The summed E-state index contributed by atoms with van der Waals surface area (Å²) in [5.41, 5.74) is 5.87. The van der Waals surface area contributed by atoms with E-state index in [1.165, 1.54) is 23.1 Å². The maximum atomic E-state index is 12.1. The molecule has 1 saturated heterocycles. The number of carbonyl (C=O) groups is 2. The molecule has 8 nitrogen and oxygen atoms in total. The van der Waals surface area contributed by atoms with Crippen LogP contribution in [-0.4, -0.2) is 39.4 Å². The Bertz CT molecular complexity index is 725. The number of anilines is 1. The molecule has 5 N–H and O–H groups in total. The fourth-order valence-corrected chi connectivity index (χ4v) is 2.93. The molecule has 1 fully saturated rings. The van der Waals surface area contributed by atoms with E-state index in [2.05, 4.69) is 5.32 Å². The van der Waals surface area contributed by atoms with Gasteiger partial charge in [-0.2, -0.15) is 0 Å². The maximum Gasteiger partial charge on any atom is 0.238 e. The van der Waals surface area contributed by atoms with Crippen LogP contribution in [-0.2, 0) is 19.6 Å². The number of rotatable bonds is 5. The fraction of sp³-hybridized carbons (Fsp3) is 0.429. The first-order valence-electron chi connectivity index (χ1n) is 7.16. The van der Waals surface area contributed by atoms with Gasteiger partial charge in [0.2, 0.25) is 21.8 Å². The zero-order valence-electron chi connectivity index (χ0n) is 13.1. The summed E-state index contributed by atoms with van der Waals surface area (Å²) in [5, 5.41) is 7.84. The van der Waals surface area contributed by atoms with Crippen LogP contribution in [0.3, 0.4) is 0 Å². The van der Waals surface area contributed by atoms with Gasteiger partial charge in [-0.25, -0.2) is 13.6 Å². The molecule has 2 amide bonds. The molecule has 10 heteroatoms. The quantitative estimate of drug-likeness (QED) is 0.640. The van der Waals surface area contributed by atoms with Crippen molar-refractivity contribution in [3.8, 4) is 0 Å². The Kier molecular flexibility index (Phi) is 6.73. The zero-order valence-corrected chi connectivity index (χ0v) is 14.8. The van der Waals surface area contributed by atoms with Gasteiger partial charge < -0.3 is 16.0 Å². The number of carbonyl (C=O) groups excluding carboxylic acids is 2. The molecule has 0 saturated carbocycles. The molecular weight excluding hydrogens is 356 g/mol. The molecule has 2 atom stereocenters. The van der Waals surface area contributed by atoms with Crippen molar-refractivity contribution in [3.05, 3.63) is 24.3 Å². The van der Waals surface area contributed by atoms with Gasteiger partial charge in [0.15, 0.2) is 0 Å². The number of sulfonamides is 1. The van der Waals surface area contributed by atoms with Crippen molar-refractivity contribution in [1.29, 1.82) is 0 Å². The van der Waals surface area contributed by atoms with Crippen molar-refractivity contribution in [3.63, 3.8) is 0 Å². The summed E-state index contributed by atoms with van der Waals surface area (Å²) in [6.45, 7) is 2.28. The van der Waals surface area contributed by atoms with Crippen LogP contribution in [0.4, 0.5) is 5.69 Å². The molecule has 1 unspecified atom stereocenters. The minimum atomic E-state index is -3.85. The Balaban J connectivity index is 0.00000288. The highest BCUT2D eigenvalue weighted by molar-refractivity contribution is 7.89. The second-order valence-electron chi connectivity index (χ2n) is 5.59. The van der Waals surface area contributed by atoms with E-state index in [1.54, 1.807) is 13.0 Å². The lowest BCUT2D eigenvalue weighted by molar-refractivity contribution is -0.126. The topological polar surface area (TPSA) is 136 Å². The van der Waals surface area contributed by atoms with Crippen molar-refractivity contribution in [1.82, 2.24) is 5.32 Å². The number of hydrogen-bond donors (Lipinski definition) is 3. The van der Waals surface area contributed by atoms with Crippen LogP contribution in [0.2, 0.25) is 0 Å². The Labute approximate surface area is 147 Å². The van der Waals surface area contributed by atoms with E-state index < -0.39 is 15.9 Å². The van der Waals surface area contributed by atoms with Crippen molar-refractivity contribution < 1.29 is 18.0 Å². The number of primary sulfonamides is 1. The normalized spacial score (nSPS) is 18.9. The highest BCUT2D eigenvalue weighted by Gasteiger charge is 2.35. The van der Waals surface area contributed by atoms with Crippen LogP contribution in [0.5, 0.6) is 0 Å². The lowest BCUT2D eigenvalue weighted by Crippen LogP contribution is -2.41. The molecule has 0 aliphatic carbocycles. The minimum absolute atomic E-state index is 0. The molecule has 0 spiro atoms. The standard InChI is InChI=1S/C14H20N4O4S.ClH/c1-9(7-15)17-14(20)10-5-13(19)18(8-10)11-3-2-4-12(6-11)23(16,21)22;/h2-4,6,9-10H,5,7-8,15H2,1H3,(H,17,20)(H2,16,21,22);1H/t9-,10?;/m0./s1. The molecule has 1 aliphatic heterocycles. The summed E-state index contributed by atoms with van der Waals surface area (Å²) in [4.78, 5) is 25.6. The van der Waals surface area contributed by atoms with Gasteiger partial charge in [-0.05, 0) is 25.1 Å². The Morgan fingerprint density at radius 1 is 1.46 bits per heavy atom. The van der Waals surface area contributed by atoms with Crippen molar-refractivity contribution in [2.45, 2.75) is 24.3 Å². The van der Waals surface area contributed by atoms with Crippen molar-refractivity contribution >= 4 is 39.9 Å². The van der Waals surface area contributed by atoms with Crippen LogP contribution >= 0.6 is 12.4 Å². The van der Waals surface area contributed by atoms with E-state index >= 15 is 0 Å². The van der Waals surface area contributed by atoms with Gasteiger partial charge in [0.25, 0.3) is 0 Å². The van der Waals surface area contributed by atoms with Crippen LogP contribution in [0.1, 0.15) is 13.3 Å². The third kappa shape index (κ3) is 4.67. The summed E-state index contributed by atoms with van der Waals surface area (Å²) in [7, 11) is -3.85. The number of halogens is 1. The molecule has 1 aliphatic rings. The number of nitrogens with one attached hydrogen (secondary N) is 1. The van der Waals surface area contributed by atoms with Crippen LogP contribution in [0, 0.1) is 5.92 Å².